The third-order valence-corrected chi connectivity index (χ3v) is 5.01. The van der Waals surface area contributed by atoms with Crippen molar-refractivity contribution in [1.29, 1.82) is 5.41 Å². The van der Waals surface area contributed by atoms with E-state index in [2.05, 4.69) is 25.7 Å². The van der Waals surface area contributed by atoms with Gasteiger partial charge in [0.05, 0.1) is 5.84 Å². The Morgan fingerprint density at radius 3 is 2.35 bits per heavy atom. The fraction of sp³-hybridized carbons (Fsp3) is 0.944. The molecule has 1 N–H and O–H groups in total. The minimum absolute atomic E-state index is 0.736. The van der Waals surface area contributed by atoms with Crippen LogP contribution in [0.4, 0.5) is 0 Å². The van der Waals surface area contributed by atoms with Gasteiger partial charge in [0.1, 0.15) is 0 Å². The smallest absolute Gasteiger partial charge is 0.0925 e. The highest BCUT2D eigenvalue weighted by Gasteiger charge is 2.23. The molecule has 0 aromatic carbocycles. The number of nitrogens with one attached hydrogen (secondary N) is 1. The Balaban J connectivity index is 2.52. The van der Waals surface area contributed by atoms with E-state index in [0.29, 0.717) is 0 Å². The third kappa shape index (κ3) is 6.28. The molecule has 1 fully saturated rings. The van der Waals surface area contributed by atoms with E-state index in [1.807, 2.05) is 6.92 Å². The third-order valence-electron chi connectivity index (χ3n) is 5.01. The summed E-state index contributed by atoms with van der Waals surface area (Å²) in [6, 6.07) is 0. The molecule has 1 aliphatic rings. The van der Waals surface area contributed by atoms with Crippen molar-refractivity contribution in [2.75, 3.05) is 13.1 Å². The predicted molar refractivity (Wildman–Crippen MR) is 89.4 cm³/mol. The number of unbranched alkanes of at least 4 members (excludes halogenated alkanes) is 1. The first kappa shape index (κ1) is 17.5. The van der Waals surface area contributed by atoms with Crippen molar-refractivity contribution in [2.45, 2.75) is 79.1 Å². The van der Waals surface area contributed by atoms with Gasteiger partial charge in [-0.1, -0.05) is 59.3 Å². The van der Waals surface area contributed by atoms with Gasteiger partial charge in [0.15, 0.2) is 0 Å². The van der Waals surface area contributed by atoms with Crippen LogP contribution in [0.25, 0.3) is 0 Å². The standard InChI is InChI=1S/C18H36N2/c1-5-6-12-20(16(4)19)14-18(15(2)3)13-17-10-8-7-9-11-17/h15,17-19H,5-14H2,1-4H3. The van der Waals surface area contributed by atoms with Gasteiger partial charge in [-0.2, -0.15) is 0 Å². The zero-order valence-electron chi connectivity index (χ0n) is 14.3. The largest absolute Gasteiger partial charge is 0.361 e. The minimum atomic E-state index is 0.736. The number of hydrogen-bond acceptors (Lipinski definition) is 1. The van der Waals surface area contributed by atoms with E-state index in [0.717, 1.165) is 36.7 Å². The lowest BCUT2D eigenvalue weighted by molar-refractivity contribution is 0.206. The summed E-state index contributed by atoms with van der Waals surface area (Å²) in [6.45, 7) is 11.1. The Kier molecular flexibility index (Phi) is 8.25. The molecule has 0 spiro atoms. The highest BCUT2D eigenvalue weighted by atomic mass is 15.2. The van der Waals surface area contributed by atoms with E-state index in [1.54, 1.807) is 0 Å². The molecule has 0 heterocycles. The summed E-state index contributed by atoms with van der Waals surface area (Å²) in [5, 5.41) is 8.01. The van der Waals surface area contributed by atoms with Crippen molar-refractivity contribution in [2.24, 2.45) is 17.8 Å². The lowest BCUT2D eigenvalue weighted by Gasteiger charge is -2.34. The van der Waals surface area contributed by atoms with E-state index >= 15 is 0 Å². The monoisotopic (exact) mass is 280 g/mol. The maximum atomic E-state index is 8.01. The molecule has 0 radical (unpaired) electrons. The highest BCUT2D eigenvalue weighted by Crippen LogP contribution is 2.32. The maximum Gasteiger partial charge on any atom is 0.0925 e. The van der Waals surface area contributed by atoms with Crippen LogP contribution >= 0.6 is 0 Å². The molecule has 0 amide bonds. The van der Waals surface area contributed by atoms with Gasteiger partial charge in [0.2, 0.25) is 0 Å². The topological polar surface area (TPSA) is 27.1 Å². The van der Waals surface area contributed by atoms with Crippen molar-refractivity contribution in [1.82, 2.24) is 4.90 Å². The highest BCUT2D eigenvalue weighted by molar-refractivity contribution is 5.76. The molecular formula is C18H36N2. The van der Waals surface area contributed by atoms with Crippen LogP contribution in [0, 0.1) is 23.2 Å². The first-order chi connectivity index (χ1) is 9.54. The van der Waals surface area contributed by atoms with Crippen molar-refractivity contribution in [3.05, 3.63) is 0 Å². The molecule has 2 nitrogen and oxygen atoms in total. The Hall–Kier alpha value is -0.530. The van der Waals surface area contributed by atoms with Crippen LogP contribution in [-0.4, -0.2) is 23.8 Å². The van der Waals surface area contributed by atoms with Crippen LogP contribution in [0.5, 0.6) is 0 Å². The van der Waals surface area contributed by atoms with Crippen molar-refractivity contribution in [3.63, 3.8) is 0 Å². The average molecular weight is 280 g/mol. The lowest BCUT2D eigenvalue weighted by atomic mass is 9.79. The van der Waals surface area contributed by atoms with E-state index in [-0.39, 0.29) is 0 Å². The summed E-state index contributed by atoms with van der Waals surface area (Å²) in [4.78, 5) is 2.32. The summed E-state index contributed by atoms with van der Waals surface area (Å²) in [7, 11) is 0. The molecule has 118 valence electrons. The van der Waals surface area contributed by atoms with E-state index in [4.69, 9.17) is 5.41 Å². The fourth-order valence-corrected chi connectivity index (χ4v) is 3.44. The average Bonchev–Trinajstić information content (AvgIpc) is 2.42. The summed E-state index contributed by atoms with van der Waals surface area (Å²) in [5.41, 5.74) is 0. The summed E-state index contributed by atoms with van der Waals surface area (Å²) >= 11 is 0. The fourth-order valence-electron chi connectivity index (χ4n) is 3.44. The van der Waals surface area contributed by atoms with Gasteiger partial charge < -0.3 is 4.90 Å². The number of nitrogens with zero attached hydrogens (tertiary/aromatic N) is 1. The van der Waals surface area contributed by atoms with Crippen LogP contribution in [0.15, 0.2) is 0 Å². The van der Waals surface area contributed by atoms with E-state index in [1.165, 1.54) is 51.4 Å². The molecular weight excluding hydrogens is 244 g/mol. The van der Waals surface area contributed by atoms with Gasteiger partial charge in [-0.25, -0.2) is 0 Å². The zero-order chi connectivity index (χ0) is 15.0. The van der Waals surface area contributed by atoms with Crippen LogP contribution in [0.1, 0.15) is 79.1 Å². The van der Waals surface area contributed by atoms with Crippen LogP contribution in [0.2, 0.25) is 0 Å². The van der Waals surface area contributed by atoms with Crippen LogP contribution in [0.3, 0.4) is 0 Å². The minimum Gasteiger partial charge on any atom is -0.361 e. The van der Waals surface area contributed by atoms with E-state index < -0.39 is 0 Å². The Morgan fingerprint density at radius 2 is 1.85 bits per heavy atom. The van der Waals surface area contributed by atoms with Crippen molar-refractivity contribution in [3.8, 4) is 0 Å². The summed E-state index contributed by atoms with van der Waals surface area (Å²) < 4.78 is 0. The molecule has 1 unspecified atom stereocenters. The Morgan fingerprint density at radius 1 is 1.20 bits per heavy atom. The van der Waals surface area contributed by atoms with Crippen molar-refractivity contribution < 1.29 is 0 Å². The zero-order valence-corrected chi connectivity index (χ0v) is 14.3. The number of hydrogen-bond donors (Lipinski definition) is 1. The lowest BCUT2D eigenvalue weighted by Crippen LogP contribution is -2.36. The molecule has 1 aliphatic carbocycles. The molecule has 0 aromatic rings. The summed E-state index contributed by atoms with van der Waals surface area (Å²) in [5.74, 6) is 3.21. The first-order valence-corrected chi connectivity index (χ1v) is 8.84. The number of amidine groups is 1. The van der Waals surface area contributed by atoms with Crippen LogP contribution < -0.4 is 0 Å². The molecule has 0 aromatic heterocycles. The van der Waals surface area contributed by atoms with Gasteiger partial charge >= 0.3 is 0 Å². The van der Waals surface area contributed by atoms with Gasteiger partial charge in [0, 0.05) is 13.1 Å². The maximum absolute atomic E-state index is 8.01. The molecule has 0 saturated heterocycles. The van der Waals surface area contributed by atoms with Gasteiger partial charge in [-0.3, -0.25) is 5.41 Å². The second kappa shape index (κ2) is 9.41. The summed E-state index contributed by atoms with van der Waals surface area (Å²) in [6.07, 6.45) is 11.0. The van der Waals surface area contributed by atoms with Crippen LogP contribution in [-0.2, 0) is 0 Å². The quantitative estimate of drug-likeness (QED) is 0.472. The second-order valence-corrected chi connectivity index (χ2v) is 7.13. The first-order valence-electron chi connectivity index (χ1n) is 8.84. The van der Waals surface area contributed by atoms with E-state index in [9.17, 15) is 0 Å². The molecule has 2 heteroatoms. The van der Waals surface area contributed by atoms with Gasteiger partial charge in [0.25, 0.3) is 0 Å². The molecule has 1 rings (SSSR count). The molecule has 1 saturated carbocycles. The number of rotatable bonds is 8. The molecule has 20 heavy (non-hydrogen) atoms. The molecule has 1 atom stereocenters. The normalized spacial score (nSPS) is 18.2. The SMILES string of the molecule is CCCCN(CC(CC1CCCCC1)C(C)C)C(C)=N. The van der Waals surface area contributed by atoms with Crippen molar-refractivity contribution >= 4 is 5.84 Å². The molecule has 0 bridgehead atoms. The predicted octanol–water partition coefficient (Wildman–Crippen LogP) is 5.33. The van der Waals surface area contributed by atoms with Gasteiger partial charge in [-0.05, 0) is 37.5 Å². The Bertz CT molecular complexity index is 267. The van der Waals surface area contributed by atoms with Gasteiger partial charge in [-0.15, -0.1) is 0 Å². The molecule has 0 aliphatic heterocycles. The second-order valence-electron chi connectivity index (χ2n) is 7.13. The Labute approximate surface area is 126 Å².